The lowest BCUT2D eigenvalue weighted by Gasteiger charge is -2.33. The van der Waals surface area contributed by atoms with Gasteiger partial charge in [0, 0.05) is 23.3 Å². The lowest BCUT2D eigenvalue weighted by Crippen LogP contribution is -2.44. The molecule has 1 unspecified atom stereocenters. The minimum absolute atomic E-state index is 0.379. The largest absolute Gasteiger partial charge is 0.480 e. The molecule has 1 aliphatic heterocycles. The Morgan fingerprint density at radius 1 is 1.04 bits per heavy atom. The summed E-state index contributed by atoms with van der Waals surface area (Å²) in [5.41, 5.74) is 3.41. The Hall–Kier alpha value is -2.59. The smallest absolute Gasteiger partial charge is 0.320 e. The van der Waals surface area contributed by atoms with E-state index in [4.69, 9.17) is 0 Å². The van der Waals surface area contributed by atoms with Crippen LogP contribution < -0.4 is 0 Å². The second-order valence-corrected chi connectivity index (χ2v) is 6.69. The lowest BCUT2D eigenvalue weighted by molar-refractivity contribution is -0.144. The molecule has 1 aromatic heterocycles. The van der Waals surface area contributed by atoms with Crippen LogP contribution in [0, 0.1) is 0 Å². The Labute approximate surface area is 147 Å². The Bertz CT molecular complexity index is 885. The monoisotopic (exact) mass is 334 g/mol. The summed E-state index contributed by atoms with van der Waals surface area (Å²) in [7, 11) is 0. The molecule has 4 nitrogen and oxygen atoms in total. The number of carboxylic acids is 1. The van der Waals surface area contributed by atoms with Crippen LogP contribution in [0.2, 0.25) is 0 Å². The molecular formula is C21H22N2O2. The van der Waals surface area contributed by atoms with Gasteiger partial charge >= 0.3 is 5.97 Å². The van der Waals surface area contributed by atoms with Crippen molar-refractivity contribution in [3.05, 3.63) is 66.4 Å². The SMILES string of the molecule is O=C(O)C1CCCCN1Cc1cc2ccccc2n1-c1ccccc1. The van der Waals surface area contributed by atoms with Crippen LogP contribution in [0.4, 0.5) is 0 Å². The van der Waals surface area contributed by atoms with Crippen molar-refractivity contribution in [1.82, 2.24) is 9.47 Å². The summed E-state index contributed by atoms with van der Waals surface area (Å²) in [4.78, 5) is 13.7. The van der Waals surface area contributed by atoms with Gasteiger partial charge in [-0.3, -0.25) is 9.69 Å². The highest BCUT2D eigenvalue weighted by Crippen LogP contribution is 2.27. The van der Waals surface area contributed by atoms with E-state index in [9.17, 15) is 9.90 Å². The van der Waals surface area contributed by atoms with Crippen molar-refractivity contribution in [2.45, 2.75) is 31.8 Å². The van der Waals surface area contributed by atoms with Crippen molar-refractivity contribution < 1.29 is 9.90 Å². The van der Waals surface area contributed by atoms with Crippen LogP contribution in [-0.2, 0) is 11.3 Å². The average Bonchev–Trinajstić information content (AvgIpc) is 3.00. The molecule has 1 atom stereocenters. The molecule has 4 rings (SSSR count). The van der Waals surface area contributed by atoms with Crippen LogP contribution >= 0.6 is 0 Å². The first-order valence-electron chi connectivity index (χ1n) is 8.86. The zero-order valence-corrected chi connectivity index (χ0v) is 14.1. The minimum Gasteiger partial charge on any atom is -0.480 e. The lowest BCUT2D eigenvalue weighted by atomic mass is 10.0. The number of benzene rings is 2. The van der Waals surface area contributed by atoms with Crippen molar-refractivity contribution in [3.63, 3.8) is 0 Å². The molecular weight excluding hydrogens is 312 g/mol. The zero-order valence-electron chi connectivity index (χ0n) is 14.1. The van der Waals surface area contributed by atoms with Gasteiger partial charge in [-0.2, -0.15) is 0 Å². The number of fused-ring (bicyclic) bond motifs is 1. The summed E-state index contributed by atoms with van der Waals surface area (Å²) < 4.78 is 2.25. The maximum Gasteiger partial charge on any atom is 0.320 e. The number of hydrogen-bond acceptors (Lipinski definition) is 2. The number of rotatable bonds is 4. The van der Waals surface area contributed by atoms with Crippen molar-refractivity contribution in [3.8, 4) is 5.69 Å². The normalized spacial score (nSPS) is 18.5. The van der Waals surface area contributed by atoms with Crippen molar-refractivity contribution in [2.75, 3.05) is 6.54 Å². The van der Waals surface area contributed by atoms with Crippen molar-refractivity contribution in [2.24, 2.45) is 0 Å². The number of aliphatic carboxylic acids is 1. The van der Waals surface area contributed by atoms with Gasteiger partial charge in [-0.25, -0.2) is 0 Å². The van der Waals surface area contributed by atoms with E-state index in [2.05, 4.69) is 39.8 Å². The van der Waals surface area contributed by atoms with E-state index in [1.807, 2.05) is 30.3 Å². The van der Waals surface area contributed by atoms with Gasteiger partial charge in [0.1, 0.15) is 6.04 Å². The highest BCUT2D eigenvalue weighted by atomic mass is 16.4. The Morgan fingerprint density at radius 3 is 2.60 bits per heavy atom. The first kappa shape index (κ1) is 15.9. The zero-order chi connectivity index (χ0) is 17.2. The van der Waals surface area contributed by atoms with Gasteiger partial charge in [0.05, 0.1) is 5.52 Å². The van der Waals surface area contributed by atoms with Gasteiger partial charge < -0.3 is 9.67 Å². The molecule has 2 heterocycles. The van der Waals surface area contributed by atoms with Crippen LogP contribution in [0.1, 0.15) is 25.0 Å². The molecule has 0 aliphatic carbocycles. The molecule has 1 saturated heterocycles. The van der Waals surface area contributed by atoms with Crippen molar-refractivity contribution >= 4 is 16.9 Å². The molecule has 0 amide bonds. The molecule has 128 valence electrons. The van der Waals surface area contributed by atoms with Gasteiger partial charge in [0.25, 0.3) is 0 Å². The number of para-hydroxylation sites is 2. The number of piperidine rings is 1. The molecule has 4 heteroatoms. The standard InChI is InChI=1S/C21H22N2O2/c24-21(25)20-12-6-7-13-22(20)15-18-14-16-8-4-5-11-19(16)23(18)17-9-2-1-3-10-17/h1-5,8-11,14,20H,6-7,12-13,15H2,(H,24,25). The fourth-order valence-corrected chi connectivity index (χ4v) is 3.88. The topological polar surface area (TPSA) is 45.5 Å². The summed E-state index contributed by atoms with van der Waals surface area (Å²) in [5, 5.41) is 10.7. The molecule has 3 aromatic rings. The maximum absolute atomic E-state index is 11.6. The van der Waals surface area contributed by atoms with E-state index in [0.717, 1.165) is 42.7 Å². The summed E-state index contributed by atoms with van der Waals surface area (Å²) in [6, 6.07) is 20.4. The molecule has 0 bridgehead atoms. The molecule has 25 heavy (non-hydrogen) atoms. The molecule has 2 aromatic carbocycles. The minimum atomic E-state index is -0.706. The van der Waals surface area contributed by atoms with Crippen LogP contribution in [0.25, 0.3) is 16.6 Å². The molecule has 1 N–H and O–H groups in total. The number of carboxylic acid groups (broad SMARTS) is 1. The molecule has 1 fully saturated rings. The summed E-state index contributed by atoms with van der Waals surface area (Å²) in [6.07, 6.45) is 2.80. The van der Waals surface area contributed by atoms with E-state index in [0.29, 0.717) is 6.54 Å². The number of aromatic nitrogens is 1. The summed E-state index contributed by atoms with van der Waals surface area (Å²) >= 11 is 0. The quantitative estimate of drug-likeness (QED) is 0.782. The Kier molecular flexibility index (Phi) is 4.28. The average molecular weight is 334 g/mol. The number of carbonyl (C=O) groups is 1. The third-order valence-corrected chi connectivity index (χ3v) is 5.07. The first-order chi connectivity index (χ1) is 12.2. The van der Waals surface area contributed by atoms with Gasteiger partial charge in [-0.05, 0) is 43.7 Å². The second kappa shape index (κ2) is 6.73. The number of likely N-dealkylation sites (tertiary alicyclic amines) is 1. The predicted octanol–water partition coefficient (Wildman–Crippen LogP) is 4.07. The van der Waals surface area contributed by atoms with Crippen LogP contribution in [0.5, 0.6) is 0 Å². The van der Waals surface area contributed by atoms with Gasteiger partial charge in [-0.1, -0.05) is 42.8 Å². The Morgan fingerprint density at radius 2 is 1.80 bits per heavy atom. The van der Waals surface area contributed by atoms with Crippen LogP contribution in [0.3, 0.4) is 0 Å². The van der Waals surface area contributed by atoms with E-state index < -0.39 is 5.97 Å². The van der Waals surface area contributed by atoms with Crippen LogP contribution in [0.15, 0.2) is 60.7 Å². The summed E-state index contributed by atoms with van der Waals surface area (Å²) in [6.45, 7) is 1.49. The van der Waals surface area contributed by atoms with Gasteiger partial charge in [0.15, 0.2) is 0 Å². The molecule has 0 saturated carbocycles. The van der Waals surface area contributed by atoms with E-state index in [1.54, 1.807) is 0 Å². The van der Waals surface area contributed by atoms with Gasteiger partial charge in [0.2, 0.25) is 0 Å². The third-order valence-electron chi connectivity index (χ3n) is 5.07. The number of nitrogens with zero attached hydrogens (tertiary/aromatic N) is 2. The maximum atomic E-state index is 11.6. The highest BCUT2D eigenvalue weighted by Gasteiger charge is 2.29. The fourth-order valence-electron chi connectivity index (χ4n) is 3.88. The van der Waals surface area contributed by atoms with E-state index in [1.165, 1.54) is 5.39 Å². The molecule has 1 aliphatic rings. The van der Waals surface area contributed by atoms with E-state index in [-0.39, 0.29) is 6.04 Å². The summed E-state index contributed by atoms with van der Waals surface area (Å²) in [5.74, 6) is -0.706. The van der Waals surface area contributed by atoms with E-state index >= 15 is 0 Å². The molecule has 0 radical (unpaired) electrons. The highest BCUT2D eigenvalue weighted by molar-refractivity contribution is 5.83. The molecule has 0 spiro atoms. The number of hydrogen-bond donors (Lipinski definition) is 1. The fraction of sp³-hybridized carbons (Fsp3) is 0.286. The van der Waals surface area contributed by atoms with Crippen molar-refractivity contribution in [1.29, 1.82) is 0 Å². The predicted molar refractivity (Wildman–Crippen MR) is 99.0 cm³/mol. The first-order valence-corrected chi connectivity index (χ1v) is 8.86. The third kappa shape index (κ3) is 3.05. The second-order valence-electron chi connectivity index (χ2n) is 6.69. The van der Waals surface area contributed by atoms with Gasteiger partial charge in [-0.15, -0.1) is 0 Å². The van der Waals surface area contributed by atoms with Crippen LogP contribution in [-0.4, -0.2) is 33.1 Å². The Balaban J connectivity index is 1.78.